The summed E-state index contributed by atoms with van der Waals surface area (Å²) in [5.41, 5.74) is 0. The smallest absolute Gasteiger partial charge is 0.229 e. The van der Waals surface area contributed by atoms with Crippen molar-refractivity contribution in [3.63, 3.8) is 0 Å². The molecule has 2 rings (SSSR count). The summed E-state index contributed by atoms with van der Waals surface area (Å²) in [6.07, 6.45) is 15.4. The molecule has 1 amide bonds. The molecule has 19 heavy (non-hydrogen) atoms. The molecule has 0 aromatic heterocycles. The van der Waals surface area contributed by atoms with Gasteiger partial charge in [0.2, 0.25) is 5.91 Å². The Kier molecular flexibility index (Phi) is 5.47. The average molecular weight is 263 g/mol. The highest BCUT2D eigenvalue weighted by molar-refractivity contribution is 5.80. The van der Waals surface area contributed by atoms with E-state index in [4.69, 9.17) is 0 Å². The minimum Gasteiger partial charge on any atom is -0.342 e. The quantitative estimate of drug-likeness (QED) is 0.697. The number of rotatable bonds is 4. The van der Waals surface area contributed by atoms with Crippen LogP contribution in [0.3, 0.4) is 0 Å². The minimum atomic E-state index is 0.156. The Hall–Kier alpha value is -0.790. The van der Waals surface area contributed by atoms with Crippen LogP contribution in [0.15, 0.2) is 12.2 Å². The van der Waals surface area contributed by atoms with Gasteiger partial charge in [-0.2, -0.15) is 0 Å². The summed E-state index contributed by atoms with van der Waals surface area (Å²) >= 11 is 0. The molecule has 2 aliphatic rings. The third-order valence-electron chi connectivity index (χ3n) is 4.95. The number of amides is 1. The topological polar surface area (TPSA) is 20.3 Å². The van der Waals surface area contributed by atoms with E-state index in [0.29, 0.717) is 11.9 Å². The van der Waals surface area contributed by atoms with Crippen molar-refractivity contribution in [2.24, 2.45) is 11.8 Å². The summed E-state index contributed by atoms with van der Waals surface area (Å²) in [6, 6.07) is 0.497. The molecule has 1 fully saturated rings. The highest BCUT2D eigenvalue weighted by Gasteiger charge is 2.32. The van der Waals surface area contributed by atoms with E-state index in [1.165, 1.54) is 44.9 Å². The Balaban J connectivity index is 1.99. The van der Waals surface area contributed by atoms with Gasteiger partial charge >= 0.3 is 0 Å². The molecular weight excluding hydrogens is 234 g/mol. The Morgan fingerprint density at radius 3 is 2.68 bits per heavy atom. The molecule has 0 saturated heterocycles. The van der Waals surface area contributed by atoms with Crippen molar-refractivity contribution in [2.75, 3.05) is 7.05 Å². The molecule has 1 saturated carbocycles. The Labute approximate surface area is 118 Å². The fourth-order valence-corrected chi connectivity index (χ4v) is 3.85. The van der Waals surface area contributed by atoms with Crippen LogP contribution in [0.25, 0.3) is 0 Å². The molecule has 0 aliphatic heterocycles. The van der Waals surface area contributed by atoms with Gasteiger partial charge in [0.05, 0.1) is 5.92 Å². The molecule has 3 atom stereocenters. The first kappa shape index (κ1) is 14.6. The second kappa shape index (κ2) is 7.12. The lowest BCUT2D eigenvalue weighted by molar-refractivity contribution is -0.137. The van der Waals surface area contributed by atoms with Crippen molar-refractivity contribution in [1.82, 2.24) is 4.90 Å². The van der Waals surface area contributed by atoms with Gasteiger partial charge < -0.3 is 4.90 Å². The molecule has 2 nitrogen and oxygen atoms in total. The maximum Gasteiger partial charge on any atom is 0.229 e. The summed E-state index contributed by atoms with van der Waals surface area (Å²) in [7, 11) is 2.05. The third kappa shape index (κ3) is 3.61. The van der Waals surface area contributed by atoms with Crippen LogP contribution in [0.4, 0.5) is 0 Å². The first-order valence-corrected chi connectivity index (χ1v) is 8.17. The largest absolute Gasteiger partial charge is 0.342 e. The van der Waals surface area contributed by atoms with Crippen molar-refractivity contribution in [1.29, 1.82) is 0 Å². The summed E-state index contributed by atoms with van der Waals surface area (Å²) in [4.78, 5) is 14.7. The van der Waals surface area contributed by atoms with Crippen molar-refractivity contribution in [2.45, 2.75) is 70.8 Å². The van der Waals surface area contributed by atoms with Gasteiger partial charge in [-0.25, -0.2) is 0 Å². The second-order valence-corrected chi connectivity index (χ2v) is 6.32. The first-order chi connectivity index (χ1) is 9.24. The van der Waals surface area contributed by atoms with Crippen LogP contribution < -0.4 is 0 Å². The van der Waals surface area contributed by atoms with Crippen molar-refractivity contribution in [3.05, 3.63) is 12.2 Å². The van der Waals surface area contributed by atoms with Gasteiger partial charge in [0, 0.05) is 13.1 Å². The SMILES string of the molecule is CCCC1CCCCC1N(C)C(=O)C1C=CCCC1. The average Bonchev–Trinajstić information content (AvgIpc) is 2.47. The maximum absolute atomic E-state index is 12.6. The Bertz CT molecular complexity index is 321. The molecule has 0 aromatic rings. The lowest BCUT2D eigenvalue weighted by atomic mass is 9.80. The zero-order chi connectivity index (χ0) is 13.7. The van der Waals surface area contributed by atoms with Gasteiger partial charge in [0.25, 0.3) is 0 Å². The molecule has 0 N–H and O–H groups in total. The monoisotopic (exact) mass is 263 g/mol. The number of hydrogen-bond donors (Lipinski definition) is 0. The molecular formula is C17H29NO. The van der Waals surface area contributed by atoms with Gasteiger partial charge in [-0.1, -0.05) is 38.3 Å². The van der Waals surface area contributed by atoms with E-state index in [9.17, 15) is 4.79 Å². The molecule has 0 spiro atoms. The van der Waals surface area contributed by atoms with E-state index in [1.54, 1.807) is 0 Å². The zero-order valence-electron chi connectivity index (χ0n) is 12.6. The van der Waals surface area contributed by atoms with Crippen LogP contribution >= 0.6 is 0 Å². The molecule has 2 aliphatic carbocycles. The number of carbonyl (C=O) groups is 1. The van der Waals surface area contributed by atoms with E-state index >= 15 is 0 Å². The highest BCUT2D eigenvalue weighted by Crippen LogP contribution is 2.32. The minimum absolute atomic E-state index is 0.156. The van der Waals surface area contributed by atoms with E-state index in [2.05, 4.69) is 24.0 Å². The van der Waals surface area contributed by atoms with E-state index in [0.717, 1.165) is 18.8 Å². The van der Waals surface area contributed by atoms with Gasteiger partial charge in [0.1, 0.15) is 0 Å². The molecule has 2 heteroatoms. The fraction of sp³-hybridized carbons (Fsp3) is 0.824. The molecule has 0 aromatic carbocycles. The molecule has 108 valence electrons. The van der Waals surface area contributed by atoms with Crippen LogP contribution in [0, 0.1) is 11.8 Å². The number of hydrogen-bond acceptors (Lipinski definition) is 1. The summed E-state index contributed by atoms with van der Waals surface area (Å²) < 4.78 is 0. The van der Waals surface area contributed by atoms with Crippen molar-refractivity contribution < 1.29 is 4.79 Å². The van der Waals surface area contributed by atoms with Crippen LogP contribution in [-0.4, -0.2) is 23.9 Å². The summed E-state index contributed by atoms with van der Waals surface area (Å²) in [6.45, 7) is 2.26. The fourth-order valence-electron chi connectivity index (χ4n) is 3.85. The number of allylic oxidation sites excluding steroid dienone is 1. The molecule has 0 heterocycles. The summed E-state index contributed by atoms with van der Waals surface area (Å²) in [5.74, 6) is 1.26. The normalized spacial score (nSPS) is 31.2. The highest BCUT2D eigenvalue weighted by atomic mass is 16.2. The Morgan fingerprint density at radius 2 is 2.00 bits per heavy atom. The van der Waals surface area contributed by atoms with Gasteiger partial charge in [-0.05, 0) is 44.4 Å². The van der Waals surface area contributed by atoms with Crippen molar-refractivity contribution >= 4 is 5.91 Å². The van der Waals surface area contributed by atoms with Crippen molar-refractivity contribution in [3.8, 4) is 0 Å². The third-order valence-corrected chi connectivity index (χ3v) is 4.95. The van der Waals surface area contributed by atoms with Gasteiger partial charge in [0.15, 0.2) is 0 Å². The van der Waals surface area contributed by atoms with Gasteiger partial charge in [-0.3, -0.25) is 4.79 Å². The van der Waals surface area contributed by atoms with Gasteiger partial charge in [-0.15, -0.1) is 0 Å². The second-order valence-electron chi connectivity index (χ2n) is 6.32. The van der Waals surface area contributed by atoms with Crippen LogP contribution in [0.1, 0.15) is 64.7 Å². The Morgan fingerprint density at radius 1 is 1.21 bits per heavy atom. The molecule has 0 radical (unpaired) electrons. The standard InChI is InChI=1S/C17H29NO/c1-3-9-14-10-7-8-13-16(14)18(2)17(19)15-11-5-4-6-12-15/h5,11,14-16H,3-4,6-10,12-13H2,1-2H3. The lowest BCUT2D eigenvalue weighted by Crippen LogP contribution is -2.45. The lowest BCUT2D eigenvalue weighted by Gasteiger charge is -2.39. The predicted octanol–water partition coefficient (Wildman–Crippen LogP) is 4.16. The molecule has 3 unspecified atom stereocenters. The predicted molar refractivity (Wildman–Crippen MR) is 79.9 cm³/mol. The maximum atomic E-state index is 12.6. The van der Waals surface area contributed by atoms with Crippen LogP contribution in [0.2, 0.25) is 0 Å². The van der Waals surface area contributed by atoms with E-state index in [1.807, 2.05) is 7.05 Å². The van der Waals surface area contributed by atoms with E-state index in [-0.39, 0.29) is 5.92 Å². The number of nitrogens with zero attached hydrogens (tertiary/aromatic N) is 1. The molecule has 0 bridgehead atoms. The zero-order valence-corrected chi connectivity index (χ0v) is 12.6. The summed E-state index contributed by atoms with van der Waals surface area (Å²) in [5, 5.41) is 0. The van der Waals surface area contributed by atoms with E-state index < -0.39 is 0 Å². The first-order valence-electron chi connectivity index (χ1n) is 8.17. The number of carbonyl (C=O) groups excluding carboxylic acids is 1. The van der Waals surface area contributed by atoms with Crippen LogP contribution in [0.5, 0.6) is 0 Å². The van der Waals surface area contributed by atoms with Crippen LogP contribution in [-0.2, 0) is 4.79 Å².